The van der Waals surface area contributed by atoms with Crippen molar-refractivity contribution in [3.8, 4) is 11.1 Å². The molecule has 7 heteroatoms. The molecule has 0 aromatic carbocycles. The first-order chi connectivity index (χ1) is 15.0. The largest absolute Gasteiger partial charge is 0.383 e. The van der Waals surface area contributed by atoms with Crippen LogP contribution in [0.4, 0.5) is 11.5 Å². The van der Waals surface area contributed by atoms with E-state index in [2.05, 4.69) is 38.4 Å². The number of aromatic nitrogens is 4. The molecule has 0 amide bonds. The highest BCUT2D eigenvalue weighted by atomic mass is 15.0. The van der Waals surface area contributed by atoms with Crippen molar-refractivity contribution in [2.24, 2.45) is 5.92 Å². The summed E-state index contributed by atoms with van der Waals surface area (Å²) in [5.41, 5.74) is 12.0. The van der Waals surface area contributed by atoms with Crippen molar-refractivity contribution >= 4 is 23.3 Å². The summed E-state index contributed by atoms with van der Waals surface area (Å²) in [4.78, 5) is 16.3. The highest BCUT2D eigenvalue weighted by molar-refractivity contribution is 6.12. The Kier molecular flexibility index (Phi) is 5.49. The van der Waals surface area contributed by atoms with Gasteiger partial charge in [0, 0.05) is 40.5 Å². The van der Waals surface area contributed by atoms with E-state index in [0.717, 1.165) is 33.9 Å². The number of anilines is 2. The fourth-order valence-electron chi connectivity index (χ4n) is 3.26. The van der Waals surface area contributed by atoms with Crippen LogP contribution in [0.1, 0.15) is 35.6 Å². The summed E-state index contributed by atoms with van der Waals surface area (Å²) >= 11 is 0. The van der Waals surface area contributed by atoms with E-state index in [1.165, 1.54) is 12.8 Å². The molecule has 0 unspecified atom stereocenters. The highest BCUT2D eigenvalue weighted by Crippen LogP contribution is 2.36. The van der Waals surface area contributed by atoms with Crippen LogP contribution in [-0.2, 0) is 0 Å². The van der Waals surface area contributed by atoms with E-state index in [1.54, 1.807) is 30.7 Å². The van der Waals surface area contributed by atoms with E-state index in [4.69, 9.17) is 11.1 Å². The number of aromatic amines is 1. The van der Waals surface area contributed by atoms with Crippen LogP contribution in [0.25, 0.3) is 17.2 Å². The summed E-state index contributed by atoms with van der Waals surface area (Å²) in [5.74, 6) is 1.26. The van der Waals surface area contributed by atoms with E-state index in [9.17, 15) is 0 Å². The van der Waals surface area contributed by atoms with Crippen molar-refractivity contribution in [3.63, 3.8) is 0 Å². The van der Waals surface area contributed by atoms with Crippen LogP contribution < -0.4 is 11.1 Å². The summed E-state index contributed by atoms with van der Waals surface area (Å²) in [5, 5.41) is 12.0. The minimum absolute atomic E-state index is 0.178. The molecule has 0 radical (unpaired) electrons. The van der Waals surface area contributed by atoms with E-state index in [0.29, 0.717) is 17.3 Å². The fourth-order valence-corrected chi connectivity index (χ4v) is 3.26. The van der Waals surface area contributed by atoms with Crippen molar-refractivity contribution in [2.45, 2.75) is 19.8 Å². The van der Waals surface area contributed by atoms with Gasteiger partial charge in [0.15, 0.2) is 5.82 Å². The van der Waals surface area contributed by atoms with Gasteiger partial charge in [-0.15, -0.1) is 0 Å². The lowest BCUT2D eigenvalue weighted by Gasteiger charge is -2.11. The molecule has 0 spiro atoms. The monoisotopic (exact) mass is 411 g/mol. The van der Waals surface area contributed by atoms with Gasteiger partial charge in [-0.1, -0.05) is 25.3 Å². The number of H-pyrrole nitrogens is 1. The molecule has 3 aromatic heterocycles. The van der Waals surface area contributed by atoms with E-state index >= 15 is 0 Å². The molecule has 3 heterocycles. The van der Waals surface area contributed by atoms with Gasteiger partial charge in [0.25, 0.3) is 0 Å². The highest BCUT2D eigenvalue weighted by Gasteiger charge is 2.24. The summed E-state index contributed by atoms with van der Waals surface area (Å²) < 4.78 is 0. The Bertz CT molecular complexity index is 1200. The minimum Gasteiger partial charge on any atom is -0.383 e. The van der Waals surface area contributed by atoms with Gasteiger partial charge in [-0.25, -0.2) is 9.97 Å². The van der Waals surface area contributed by atoms with Gasteiger partial charge >= 0.3 is 0 Å². The van der Waals surface area contributed by atoms with Crippen molar-refractivity contribution in [1.82, 2.24) is 19.9 Å². The predicted octanol–water partition coefficient (Wildman–Crippen LogP) is 4.71. The molecule has 1 aliphatic carbocycles. The summed E-state index contributed by atoms with van der Waals surface area (Å²) in [7, 11) is 0. The molecule has 0 aliphatic heterocycles. The SMILES string of the molecule is C=C/C=C\c1nc(C(=N)c2cc(-c3cncc(NC(=C)C4CC4)c3)cnc2N)[nH]c1C. The number of aryl methyl sites for hydroxylation is 1. The molecule has 31 heavy (non-hydrogen) atoms. The topological polar surface area (TPSA) is 116 Å². The summed E-state index contributed by atoms with van der Waals surface area (Å²) in [6, 6.07) is 3.84. The normalized spacial score (nSPS) is 13.3. The lowest BCUT2D eigenvalue weighted by Crippen LogP contribution is -2.09. The van der Waals surface area contributed by atoms with Gasteiger partial charge in [0.05, 0.1) is 17.6 Å². The number of allylic oxidation sites excluding steroid dienone is 3. The number of nitrogen functional groups attached to an aromatic ring is 1. The zero-order valence-electron chi connectivity index (χ0n) is 17.4. The molecule has 4 rings (SSSR count). The van der Waals surface area contributed by atoms with Crippen LogP contribution in [0.2, 0.25) is 0 Å². The third-order valence-electron chi connectivity index (χ3n) is 5.18. The van der Waals surface area contributed by atoms with Gasteiger partial charge in [-0.05, 0) is 43.9 Å². The Hall–Kier alpha value is -4.00. The zero-order valence-corrected chi connectivity index (χ0v) is 17.4. The van der Waals surface area contributed by atoms with Crippen molar-refractivity contribution < 1.29 is 0 Å². The van der Waals surface area contributed by atoms with Gasteiger partial charge in [0.2, 0.25) is 0 Å². The molecular formula is C24H25N7. The van der Waals surface area contributed by atoms with Crippen molar-refractivity contribution in [1.29, 1.82) is 5.41 Å². The molecule has 1 aliphatic rings. The maximum absolute atomic E-state index is 8.65. The predicted molar refractivity (Wildman–Crippen MR) is 126 cm³/mol. The molecule has 7 nitrogen and oxygen atoms in total. The fraction of sp³-hybridized carbons (Fsp3) is 0.167. The Morgan fingerprint density at radius 3 is 2.77 bits per heavy atom. The average Bonchev–Trinajstić information content (AvgIpc) is 3.55. The molecule has 1 fully saturated rings. The van der Waals surface area contributed by atoms with Crippen LogP contribution in [0.3, 0.4) is 0 Å². The van der Waals surface area contributed by atoms with Crippen molar-refractivity contribution in [3.05, 3.63) is 84.5 Å². The van der Waals surface area contributed by atoms with Crippen LogP contribution in [0.5, 0.6) is 0 Å². The molecule has 0 bridgehead atoms. The molecule has 156 valence electrons. The third kappa shape index (κ3) is 4.45. The minimum atomic E-state index is 0.178. The first-order valence-electron chi connectivity index (χ1n) is 10.1. The smallest absolute Gasteiger partial charge is 0.156 e. The Balaban J connectivity index is 1.63. The van der Waals surface area contributed by atoms with E-state index in [1.807, 2.05) is 25.1 Å². The second kappa shape index (κ2) is 8.39. The first-order valence-corrected chi connectivity index (χ1v) is 10.1. The Morgan fingerprint density at radius 1 is 1.26 bits per heavy atom. The van der Waals surface area contributed by atoms with Gasteiger partial charge in [-0.2, -0.15) is 0 Å². The number of nitrogens with two attached hydrogens (primary N) is 1. The number of imidazole rings is 1. The third-order valence-corrected chi connectivity index (χ3v) is 5.18. The van der Waals surface area contributed by atoms with Gasteiger partial charge in [-0.3, -0.25) is 10.4 Å². The number of nitrogens with one attached hydrogen (secondary N) is 3. The second-order valence-electron chi connectivity index (χ2n) is 7.61. The summed E-state index contributed by atoms with van der Waals surface area (Å²) in [6.07, 6.45) is 12.9. The van der Waals surface area contributed by atoms with E-state index in [-0.39, 0.29) is 11.5 Å². The molecule has 3 aromatic rings. The lowest BCUT2D eigenvalue weighted by atomic mass is 10.0. The first kappa shape index (κ1) is 20.3. The second-order valence-corrected chi connectivity index (χ2v) is 7.61. The Labute approximate surface area is 181 Å². The lowest BCUT2D eigenvalue weighted by molar-refractivity contribution is 1.02. The van der Waals surface area contributed by atoms with Crippen molar-refractivity contribution in [2.75, 3.05) is 11.1 Å². The number of hydrogen-bond donors (Lipinski definition) is 4. The molecule has 0 saturated heterocycles. The van der Waals surface area contributed by atoms with Gasteiger partial charge < -0.3 is 16.0 Å². The Morgan fingerprint density at radius 2 is 2.03 bits per heavy atom. The van der Waals surface area contributed by atoms with Crippen LogP contribution in [0, 0.1) is 18.3 Å². The van der Waals surface area contributed by atoms with Crippen LogP contribution >= 0.6 is 0 Å². The number of rotatable bonds is 8. The van der Waals surface area contributed by atoms with Gasteiger partial charge in [0.1, 0.15) is 11.5 Å². The quantitative estimate of drug-likeness (QED) is 0.316. The van der Waals surface area contributed by atoms with Crippen LogP contribution in [0.15, 0.2) is 61.7 Å². The number of nitrogens with zero attached hydrogens (tertiary/aromatic N) is 3. The number of pyridine rings is 2. The van der Waals surface area contributed by atoms with Crippen LogP contribution in [-0.4, -0.2) is 25.6 Å². The standard InChI is InChI=1S/C24H25N7/c1-4-5-6-21-15(3)30-24(31-21)22(25)20-10-18(12-28-23(20)26)17-9-19(13-27-11-17)29-14(2)16-7-8-16/h4-6,9-13,16,25,29H,1-2,7-8H2,3H3,(H2,26,28)(H,30,31)/b6-5-,25-22?. The molecular weight excluding hydrogens is 386 g/mol. The van der Waals surface area contributed by atoms with E-state index < -0.39 is 0 Å². The molecule has 0 atom stereocenters. The summed E-state index contributed by atoms with van der Waals surface area (Å²) in [6.45, 7) is 9.69. The maximum Gasteiger partial charge on any atom is 0.156 e. The molecule has 5 N–H and O–H groups in total. The molecule has 1 saturated carbocycles. The zero-order chi connectivity index (χ0) is 22.0. The average molecular weight is 412 g/mol. The maximum atomic E-state index is 8.65. The number of hydrogen-bond acceptors (Lipinski definition) is 6.